The average Bonchev–Trinajstić information content (AvgIpc) is 2.78. The van der Waals surface area contributed by atoms with Crippen molar-refractivity contribution in [2.75, 3.05) is 7.11 Å². The van der Waals surface area contributed by atoms with Gasteiger partial charge in [0.2, 0.25) is 0 Å². The molecular weight excluding hydrogens is 486 g/mol. The molecule has 0 aliphatic carbocycles. The molecule has 0 radical (unpaired) electrons. The molecule has 2 aromatic rings. The van der Waals surface area contributed by atoms with E-state index < -0.39 is 0 Å². The van der Waals surface area contributed by atoms with Gasteiger partial charge in [0.15, 0.2) is 0 Å². The Balaban J connectivity index is 2.12. The van der Waals surface area contributed by atoms with E-state index in [4.69, 9.17) is 4.74 Å². The number of thiophene rings is 1. The number of halogens is 3. The molecular formula is C14H12Br3NO2S. The molecule has 3 nitrogen and oxygen atoms in total. The first-order valence-corrected chi connectivity index (χ1v) is 9.21. The number of amides is 1. The number of carbonyl (C=O) groups is 1. The maximum atomic E-state index is 12.2. The van der Waals surface area contributed by atoms with Gasteiger partial charge in [-0.3, -0.25) is 4.79 Å². The smallest absolute Gasteiger partial charge is 0.261 e. The molecule has 1 heterocycles. The van der Waals surface area contributed by atoms with Crippen LogP contribution in [0.3, 0.4) is 0 Å². The van der Waals surface area contributed by atoms with Gasteiger partial charge in [0.25, 0.3) is 5.91 Å². The summed E-state index contributed by atoms with van der Waals surface area (Å²) in [5, 5.41) is 2.99. The first-order chi connectivity index (χ1) is 9.92. The zero-order valence-electron chi connectivity index (χ0n) is 11.2. The highest BCUT2D eigenvalue weighted by Gasteiger charge is 2.16. The Kier molecular flexibility index (Phi) is 5.88. The molecule has 7 heteroatoms. The second kappa shape index (κ2) is 7.26. The standard InChI is InChI=1S/C14H12Br3NO2S/c1-7(8-3-4-11(20-2)9(15)5-8)18-14(19)12-6-10(16)13(17)21-12/h3-7H,1-2H3,(H,18,19). The lowest BCUT2D eigenvalue weighted by atomic mass is 10.1. The second-order valence-corrected chi connectivity index (χ2v) is 8.40. The summed E-state index contributed by atoms with van der Waals surface area (Å²) in [7, 11) is 1.62. The lowest BCUT2D eigenvalue weighted by Gasteiger charge is -2.15. The molecule has 0 saturated carbocycles. The molecule has 0 aliphatic heterocycles. The van der Waals surface area contributed by atoms with Gasteiger partial charge in [-0.05, 0) is 78.5 Å². The summed E-state index contributed by atoms with van der Waals surface area (Å²) in [4.78, 5) is 12.9. The quantitative estimate of drug-likeness (QED) is 0.602. The van der Waals surface area contributed by atoms with Crippen molar-refractivity contribution in [3.8, 4) is 5.75 Å². The SMILES string of the molecule is COc1ccc(C(C)NC(=O)c2cc(Br)c(Br)s2)cc1Br. The van der Waals surface area contributed by atoms with Crippen LogP contribution in [-0.4, -0.2) is 13.0 Å². The minimum Gasteiger partial charge on any atom is -0.496 e. The maximum Gasteiger partial charge on any atom is 0.261 e. The predicted octanol–water partition coefficient (Wildman–Crippen LogP) is 5.54. The highest BCUT2D eigenvalue weighted by Crippen LogP contribution is 2.33. The molecule has 1 aromatic heterocycles. The summed E-state index contributed by atoms with van der Waals surface area (Å²) < 4.78 is 7.87. The Bertz CT molecular complexity index is 653. The van der Waals surface area contributed by atoms with Crippen molar-refractivity contribution in [2.24, 2.45) is 0 Å². The van der Waals surface area contributed by atoms with Crippen molar-refractivity contribution < 1.29 is 9.53 Å². The molecule has 1 aromatic carbocycles. The van der Waals surface area contributed by atoms with Gasteiger partial charge in [-0.15, -0.1) is 11.3 Å². The fourth-order valence-corrected chi connectivity index (χ4v) is 4.26. The van der Waals surface area contributed by atoms with Crippen molar-refractivity contribution in [2.45, 2.75) is 13.0 Å². The molecule has 0 spiro atoms. The molecule has 0 bridgehead atoms. The van der Waals surface area contributed by atoms with Crippen LogP contribution in [0.5, 0.6) is 5.75 Å². The van der Waals surface area contributed by atoms with E-state index in [0.29, 0.717) is 4.88 Å². The summed E-state index contributed by atoms with van der Waals surface area (Å²) in [6, 6.07) is 7.47. The Morgan fingerprint density at radius 2 is 1.95 bits per heavy atom. The minimum atomic E-state index is -0.0978. The van der Waals surface area contributed by atoms with Gasteiger partial charge in [-0.25, -0.2) is 0 Å². The monoisotopic (exact) mass is 495 g/mol. The minimum absolute atomic E-state index is 0.0918. The summed E-state index contributed by atoms with van der Waals surface area (Å²) in [5.41, 5.74) is 1.01. The Morgan fingerprint density at radius 1 is 1.24 bits per heavy atom. The van der Waals surface area contributed by atoms with E-state index in [0.717, 1.165) is 24.0 Å². The van der Waals surface area contributed by atoms with Gasteiger partial charge < -0.3 is 10.1 Å². The number of nitrogens with one attached hydrogen (secondary N) is 1. The van der Waals surface area contributed by atoms with Crippen LogP contribution in [0.2, 0.25) is 0 Å². The first kappa shape index (κ1) is 17.0. The molecule has 1 N–H and O–H groups in total. The molecule has 0 saturated heterocycles. The van der Waals surface area contributed by atoms with Crippen molar-refractivity contribution in [1.82, 2.24) is 5.32 Å². The van der Waals surface area contributed by atoms with Gasteiger partial charge in [-0.2, -0.15) is 0 Å². The second-order valence-electron chi connectivity index (χ2n) is 4.32. The largest absolute Gasteiger partial charge is 0.496 e. The van der Waals surface area contributed by atoms with Crippen LogP contribution in [0.25, 0.3) is 0 Å². The molecule has 1 amide bonds. The van der Waals surface area contributed by atoms with E-state index in [-0.39, 0.29) is 11.9 Å². The number of methoxy groups -OCH3 is 1. The van der Waals surface area contributed by atoms with E-state index in [1.54, 1.807) is 13.2 Å². The van der Waals surface area contributed by atoms with Gasteiger partial charge in [0, 0.05) is 4.47 Å². The van der Waals surface area contributed by atoms with Crippen LogP contribution < -0.4 is 10.1 Å². The number of hydrogen-bond donors (Lipinski definition) is 1. The third kappa shape index (κ3) is 4.09. The van der Waals surface area contributed by atoms with Crippen LogP contribution in [0.15, 0.2) is 37.0 Å². The van der Waals surface area contributed by atoms with Crippen molar-refractivity contribution >= 4 is 65.0 Å². The van der Waals surface area contributed by atoms with E-state index in [1.807, 2.05) is 25.1 Å². The van der Waals surface area contributed by atoms with E-state index in [1.165, 1.54) is 11.3 Å². The normalized spacial score (nSPS) is 12.0. The number of rotatable bonds is 4. The number of benzene rings is 1. The summed E-state index contributed by atoms with van der Waals surface area (Å²) >= 11 is 11.6. The molecule has 21 heavy (non-hydrogen) atoms. The van der Waals surface area contributed by atoms with E-state index in [2.05, 4.69) is 53.1 Å². The molecule has 0 aliphatic rings. The zero-order valence-corrected chi connectivity index (χ0v) is 16.8. The third-order valence-electron chi connectivity index (χ3n) is 2.89. The number of hydrogen-bond acceptors (Lipinski definition) is 3. The Labute approximate surface area is 152 Å². The van der Waals surface area contributed by atoms with Crippen molar-refractivity contribution in [3.05, 3.63) is 47.4 Å². The van der Waals surface area contributed by atoms with Crippen LogP contribution in [0, 0.1) is 0 Å². The lowest BCUT2D eigenvalue weighted by molar-refractivity contribution is 0.0944. The summed E-state index contributed by atoms with van der Waals surface area (Å²) in [5.74, 6) is 0.675. The van der Waals surface area contributed by atoms with Crippen LogP contribution in [0.1, 0.15) is 28.2 Å². The summed E-state index contributed by atoms with van der Waals surface area (Å²) in [6.45, 7) is 1.95. The zero-order chi connectivity index (χ0) is 15.6. The predicted molar refractivity (Wildman–Crippen MR) is 96.3 cm³/mol. The van der Waals surface area contributed by atoms with E-state index in [9.17, 15) is 4.79 Å². The maximum absolute atomic E-state index is 12.2. The van der Waals surface area contributed by atoms with Gasteiger partial charge >= 0.3 is 0 Å². The molecule has 1 atom stereocenters. The van der Waals surface area contributed by atoms with Gasteiger partial charge in [0.1, 0.15) is 5.75 Å². The fourth-order valence-electron chi connectivity index (χ4n) is 1.76. The summed E-state index contributed by atoms with van der Waals surface area (Å²) in [6.07, 6.45) is 0. The average molecular weight is 498 g/mol. The molecule has 1 unspecified atom stereocenters. The van der Waals surface area contributed by atoms with Crippen molar-refractivity contribution in [3.63, 3.8) is 0 Å². The van der Waals surface area contributed by atoms with Crippen LogP contribution >= 0.6 is 59.1 Å². The third-order valence-corrected chi connectivity index (χ3v) is 6.77. The Morgan fingerprint density at radius 3 is 2.48 bits per heavy atom. The number of carbonyl (C=O) groups excluding carboxylic acids is 1. The lowest BCUT2D eigenvalue weighted by Crippen LogP contribution is -2.25. The van der Waals surface area contributed by atoms with Crippen LogP contribution in [0.4, 0.5) is 0 Å². The fraction of sp³-hybridized carbons (Fsp3) is 0.214. The highest BCUT2D eigenvalue weighted by molar-refractivity contribution is 9.13. The van der Waals surface area contributed by atoms with Crippen LogP contribution in [-0.2, 0) is 0 Å². The molecule has 112 valence electrons. The Hall–Kier alpha value is -0.370. The topological polar surface area (TPSA) is 38.3 Å². The highest BCUT2D eigenvalue weighted by atomic mass is 79.9. The van der Waals surface area contributed by atoms with Gasteiger partial charge in [0.05, 0.1) is 26.3 Å². The molecule has 2 rings (SSSR count). The van der Waals surface area contributed by atoms with E-state index >= 15 is 0 Å². The molecule has 0 fully saturated rings. The van der Waals surface area contributed by atoms with Crippen molar-refractivity contribution in [1.29, 1.82) is 0 Å². The van der Waals surface area contributed by atoms with Gasteiger partial charge in [-0.1, -0.05) is 6.07 Å². The number of ether oxygens (including phenoxy) is 1. The first-order valence-electron chi connectivity index (χ1n) is 6.01.